The lowest BCUT2D eigenvalue weighted by Crippen LogP contribution is -2.55. The van der Waals surface area contributed by atoms with Crippen LogP contribution in [0.5, 0.6) is 0 Å². The number of hydrogen-bond donors (Lipinski definition) is 4. The molecule has 1 heterocycles. The van der Waals surface area contributed by atoms with E-state index in [1.165, 1.54) is 16.7 Å². The molecule has 0 radical (unpaired) electrons. The van der Waals surface area contributed by atoms with Crippen molar-refractivity contribution in [3.8, 4) is 0 Å². The number of alkyl carbamates (subject to hydrolysis) is 1. The molecule has 0 saturated carbocycles. The van der Waals surface area contributed by atoms with Crippen molar-refractivity contribution >= 4 is 35.6 Å². The molecule has 0 spiro atoms. The van der Waals surface area contributed by atoms with E-state index < -0.39 is 42.1 Å². The van der Waals surface area contributed by atoms with Gasteiger partial charge in [0, 0.05) is 5.75 Å². The van der Waals surface area contributed by atoms with Gasteiger partial charge in [-0.2, -0.15) is 0 Å². The van der Waals surface area contributed by atoms with Gasteiger partial charge in [0.25, 0.3) is 0 Å². The summed E-state index contributed by atoms with van der Waals surface area (Å²) in [7, 11) is 0. The van der Waals surface area contributed by atoms with E-state index in [9.17, 15) is 29.4 Å². The van der Waals surface area contributed by atoms with E-state index in [4.69, 9.17) is 4.74 Å². The molecule has 1 aliphatic rings. The number of carboxylic acids is 1. The standard InChI is InChI=1S/C24H27N3O7S/c28-20(12-25-24(33)34-13-17-9-5-2-6-10-17)27-15-35-14-19(27)22(30)26-18(21(29)23(31)32)11-16-7-3-1-4-8-16/h1-10,18-19,21,29H,11-15H2,(H,25,33)(H,26,30)(H,31,32)/t18-,19-,21?/m0/s1. The Bertz CT molecular complexity index is 1020. The first kappa shape index (κ1) is 26.0. The number of rotatable bonds is 10. The zero-order valence-corrected chi connectivity index (χ0v) is 19.6. The number of aliphatic hydroxyl groups excluding tert-OH is 1. The van der Waals surface area contributed by atoms with Crippen molar-refractivity contribution < 1.29 is 34.1 Å². The molecule has 1 saturated heterocycles. The van der Waals surface area contributed by atoms with E-state index in [0.717, 1.165) is 11.1 Å². The van der Waals surface area contributed by atoms with Crippen LogP contribution < -0.4 is 10.6 Å². The number of carbonyl (C=O) groups is 4. The summed E-state index contributed by atoms with van der Waals surface area (Å²) in [5, 5.41) is 24.4. The zero-order chi connectivity index (χ0) is 25.2. The molecule has 3 atom stereocenters. The second-order valence-electron chi connectivity index (χ2n) is 7.88. The number of nitrogens with zero attached hydrogens (tertiary/aromatic N) is 1. The monoisotopic (exact) mass is 501 g/mol. The van der Waals surface area contributed by atoms with Crippen LogP contribution in [0.2, 0.25) is 0 Å². The van der Waals surface area contributed by atoms with E-state index in [-0.39, 0.29) is 25.4 Å². The molecule has 0 aromatic heterocycles. The van der Waals surface area contributed by atoms with Gasteiger partial charge in [0.15, 0.2) is 6.10 Å². The first-order valence-corrected chi connectivity index (χ1v) is 12.1. The number of hydrogen-bond acceptors (Lipinski definition) is 7. The molecule has 35 heavy (non-hydrogen) atoms. The highest BCUT2D eigenvalue weighted by Gasteiger charge is 2.37. The summed E-state index contributed by atoms with van der Waals surface area (Å²) in [6, 6.07) is 16.0. The van der Waals surface area contributed by atoms with E-state index in [1.54, 1.807) is 42.5 Å². The number of carbonyl (C=O) groups excluding carboxylic acids is 3. The molecule has 1 aliphatic heterocycles. The Morgan fingerprint density at radius 3 is 2.29 bits per heavy atom. The summed E-state index contributed by atoms with van der Waals surface area (Å²) >= 11 is 1.36. The summed E-state index contributed by atoms with van der Waals surface area (Å²) in [5.41, 5.74) is 1.54. The largest absolute Gasteiger partial charge is 0.479 e. The summed E-state index contributed by atoms with van der Waals surface area (Å²) in [6.07, 6.45) is -2.48. The SMILES string of the molecule is O=C(NCC(=O)N1CSC[C@H]1C(=O)N[C@@H](Cc1ccccc1)C(O)C(=O)O)OCc1ccccc1. The maximum Gasteiger partial charge on any atom is 0.407 e. The highest BCUT2D eigenvalue weighted by Crippen LogP contribution is 2.21. The van der Waals surface area contributed by atoms with Crippen molar-refractivity contribution in [3.05, 3.63) is 71.8 Å². The van der Waals surface area contributed by atoms with Gasteiger partial charge >= 0.3 is 12.1 Å². The number of thioether (sulfide) groups is 1. The first-order chi connectivity index (χ1) is 16.8. The smallest absolute Gasteiger partial charge is 0.407 e. The first-order valence-electron chi connectivity index (χ1n) is 10.9. The lowest BCUT2D eigenvalue weighted by molar-refractivity contribution is -0.149. The molecule has 3 amide bonds. The number of aliphatic carboxylic acids is 1. The normalized spacial score (nSPS) is 16.7. The van der Waals surface area contributed by atoms with E-state index in [2.05, 4.69) is 10.6 Å². The minimum Gasteiger partial charge on any atom is -0.479 e. The van der Waals surface area contributed by atoms with Crippen LogP contribution in [0.1, 0.15) is 11.1 Å². The average molecular weight is 502 g/mol. The molecule has 2 aromatic rings. The lowest BCUT2D eigenvalue weighted by atomic mass is 10.0. The van der Waals surface area contributed by atoms with Gasteiger partial charge in [-0.15, -0.1) is 11.8 Å². The third-order valence-electron chi connectivity index (χ3n) is 5.36. The molecule has 186 valence electrons. The van der Waals surface area contributed by atoms with Gasteiger partial charge in [-0.25, -0.2) is 9.59 Å². The second kappa shape index (κ2) is 12.8. The number of amides is 3. The van der Waals surface area contributed by atoms with E-state index in [1.807, 2.05) is 18.2 Å². The number of aliphatic hydroxyl groups is 1. The Kier molecular flexibility index (Phi) is 9.50. The molecule has 11 heteroatoms. The molecule has 1 unspecified atom stereocenters. The van der Waals surface area contributed by atoms with Gasteiger partial charge in [-0.1, -0.05) is 60.7 Å². The third kappa shape index (κ3) is 7.72. The molecule has 2 aromatic carbocycles. The van der Waals surface area contributed by atoms with Crippen molar-refractivity contribution in [2.24, 2.45) is 0 Å². The highest BCUT2D eigenvalue weighted by atomic mass is 32.2. The third-order valence-corrected chi connectivity index (χ3v) is 6.37. The summed E-state index contributed by atoms with van der Waals surface area (Å²) in [4.78, 5) is 50.3. The van der Waals surface area contributed by atoms with Gasteiger partial charge in [0.2, 0.25) is 11.8 Å². The predicted molar refractivity (Wildman–Crippen MR) is 128 cm³/mol. The minimum atomic E-state index is -1.82. The van der Waals surface area contributed by atoms with Crippen LogP contribution in [0, 0.1) is 0 Å². The molecule has 4 N–H and O–H groups in total. The molecule has 1 fully saturated rings. The van der Waals surface area contributed by atoms with Crippen LogP contribution in [-0.2, 0) is 32.1 Å². The van der Waals surface area contributed by atoms with Gasteiger partial charge in [-0.05, 0) is 17.5 Å². The Morgan fingerprint density at radius 1 is 1.03 bits per heavy atom. The van der Waals surface area contributed by atoms with Gasteiger partial charge < -0.3 is 30.5 Å². The number of nitrogens with one attached hydrogen (secondary N) is 2. The van der Waals surface area contributed by atoms with Crippen LogP contribution in [0.4, 0.5) is 4.79 Å². The van der Waals surface area contributed by atoms with Crippen molar-refractivity contribution in [2.75, 3.05) is 18.2 Å². The fraction of sp³-hybridized carbons (Fsp3) is 0.333. The Labute approximate surface area is 206 Å². The fourth-order valence-corrected chi connectivity index (χ4v) is 4.67. The van der Waals surface area contributed by atoms with Crippen molar-refractivity contribution in [1.29, 1.82) is 0 Å². The maximum absolute atomic E-state index is 13.0. The Hall–Kier alpha value is -3.57. The van der Waals surface area contributed by atoms with Crippen LogP contribution in [0.15, 0.2) is 60.7 Å². The van der Waals surface area contributed by atoms with Gasteiger partial charge in [-0.3, -0.25) is 9.59 Å². The Morgan fingerprint density at radius 2 is 1.66 bits per heavy atom. The maximum atomic E-state index is 13.0. The van der Waals surface area contributed by atoms with Crippen molar-refractivity contribution in [1.82, 2.24) is 15.5 Å². The van der Waals surface area contributed by atoms with Crippen molar-refractivity contribution in [2.45, 2.75) is 31.2 Å². The fourth-order valence-electron chi connectivity index (χ4n) is 3.49. The van der Waals surface area contributed by atoms with Crippen molar-refractivity contribution in [3.63, 3.8) is 0 Å². The summed E-state index contributed by atoms with van der Waals surface area (Å²) < 4.78 is 5.08. The quantitative estimate of drug-likeness (QED) is 0.377. The summed E-state index contributed by atoms with van der Waals surface area (Å²) in [6.45, 7) is -0.302. The topological polar surface area (TPSA) is 145 Å². The highest BCUT2D eigenvalue weighted by molar-refractivity contribution is 7.99. The number of carboxylic acid groups (broad SMARTS) is 1. The predicted octanol–water partition coefficient (Wildman–Crippen LogP) is 0.987. The summed E-state index contributed by atoms with van der Waals surface area (Å²) in [5.74, 6) is -1.97. The van der Waals surface area contributed by atoms with Crippen LogP contribution in [0.25, 0.3) is 0 Å². The number of ether oxygens (including phenoxy) is 1. The van der Waals surface area contributed by atoms with Gasteiger partial charge in [0.05, 0.1) is 11.9 Å². The molecule has 0 aliphatic carbocycles. The second-order valence-corrected chi connectivity index (χ2v) is 8.88. The Balaban J connectivity index is 1.54. The van der Waals surface area contributed by atoms with Crippen LogP contribution >= 0.6 is 11.8 Å². The molecular weight excluding hydrogens is 474 g/mol. The number of benzene rings is 2. The molecule has 3 rings (SSSR count). The average Bonchev–Trinajstić information content (AvgIpc) is 3.37. The lowest BCUT2D eigenvalue weighted by Gasteiger charge is -2.27. The van der Waals surface area contributed by atoms with E-state index >= 15 is 0 Å². The molecule has 10 nitrogen and oxygen atoms in total. The zero-order valence-electron chi connectivity index (χ0n) is 18.8. The van der Waals surface area contributed by atoms with E-state index in [0.29, 0.717) is 5.75 Å². The molecular formula is C24H27N3O7S. The minimum absolute atomic E-state index is 0.0557. The molecule has 0 bridgehead atoms. The van der Waals surface area contributed by atoms with Gasteiger partial charge in [0.1, 0.15) is 19.2 Å². The van der Waals surface area contributed by atoms with Crippen LogP contribution in [-0.4, -0.2) is 75.4 Å². The van der Waals surface area contributed by atoms with Crippen LogP contribution in [0.3, 0.4) is 0 Å².